The lowest BCUT2D eigenvalue weighted by atomic mass is 10.1. The van der Waals surface area contributed by atoms with E-state index in [4.69, 9.17) is 9.47 Å². The van der Waals surface area contributed by atoms with Crippen LogP contribution in [0.2, 0.25) is 0 Å². The van der Waals surface area contributed by atoms with Crippen LogP contribution in [0.15, 0.2) is 41.6 Å². The van der Waals surface area contributed by atoms with E-state index in [1.165, 1.54) is 17.3 Å². The Hall–Kier alpha value is -3.00. The van der Waals surface area contributed by atoms with Gasteiger partial charge in [0, 0.05) is 7.05 Å². The van der Waals surface area contributed by atoms with E-state index in [0.717, 1.165) is 16.9 Å². The fourth-order valence-corrected chi connectivity index (χ4v) is 3.59. The molecule has 3 aromatic rings. The van der Waals surface area contributed by atoms with E-state index >= 15 is 0 Å². The molecule has 0 fully saturated rings. The van der Waals surface area contributed by atoms with Crippen LogP contribution in [0.25, 0.3) is 0 Å². The molecule has 0 saturated heterocycles. The molecule has 1 heterocycles. The minimum absolute atomic E-state index is 0.139. The zero-order valence-electron chi connectivity index (χ0n) is 17.9. The quantitative estimate of drug-likeness (QED) is 0.548. The monoisotopic (exact) mass is 426 g/mol. The molecule has 0 aliphatic rings. The first-order chi connectivity index (χ1) is 14.4. The minimum atomic E-state index is -0.139. The molecule has 1 amide bonds. The normalized spacial score (nSPS) is 10.7. The second kappa shape index (κ2) is 9.67. The first-order valence-corrected chi connectivity index (χ1v) is 10.5. The van der Waals surface area contributed by atoms with Crippen molar-refractivity contribution in [3.63, 3.8) is 0 Å². The molecule has 30 heavy (non-hydrogen) atoms. The lowest BCUT2D eigenvalue weighted by molar-refractivity contribution is -0.113. The maximum atomic E-state index is 12.4. The predicted octanol–water partition coefficient (Wildman–Crippen LogP) is 4.06. The van der Waals surface area contributed by atoms with Crippen LogP contribution in [0.5, 0.6) is 11.5 Å². The number of carbonyl (C=O) groups is 1. The first-order valence-electron chi connectivity index (χ1n) is 9.53. The van der Waals surface area contributed by atoms with Gasteiger partial charge in [-0.2, -0.15) is 0 Å². The molecule has 1 N–H and O–H groups in total. The lowest BCUT2D eigenvalue weighted by Gasteiger charge is -2.11. The number of nitrogens with one attached hydrogen (secondary N) is 1. The number of aryl methyl sites for hydroxylation is 2. The Morgan fingerprint density at radius 1 is 1.13 bits per heavy atom. The van der Waals surface area contributed by atoms with Gasteiger partial charge in [-0.1, -0.05) is 30.0 Å². The fraction of sp³-hybridized carbons (Fsp3) is 0.318. The number of amides is 1. The topological polar surface area (TPSA) is 78.3 Å². The van der Waals surface area contributed by atoms with Crippen molar-refractivity contribution in [1.82, 2.24) is 14.8 Å². The van der Waals surface area contributed by atoms with Crippen LogP contribution in [0.1, 0.15) is 22.5 Å². The Balaban J connectivity index is 1.58. The highest BCUT2D eigenvalue weighted by Crippen LogP contribution is 2.26. The van der Waals surface area contributed by atoms with Crippen molar-refractivity contribution in [2.24, 2.45) is 7.05 Å². The van der Waals surface area contributed by atoms with Crippen molar-refractivity contribution in [2.45, 2.75) is 32.5 Å². The van der Waals surface area contributed by atoms with Gasteiger partial charge in [-0.15, -0.1) is 10.2 Å². The maximum absolute atomic E-state index is 12.4. The van der Waals surface area contributed by atoms with Crippen molar-refractivity contribution in [2.75, 3.05) is 18.2 Å². The number of benzene rings is 2. The van der Waals surface area contributed by atoms with E-state index in [9.17, 15) is 4.79 Å². The standard InChI is InChI=1S/C22H26N4O3S/c1-14-9-10-19(28-5)17(11-14)23-21(27)13-30-22-25-24-20(26(22)4)12-29-18-8-6-7-15(2)16(18)3/h6-11H,12-13H2,1-5H3,(H,23,27). The van der Waals surface area contributed by atoms with Gasteiger partial charge in [-0.25, -0.2) is 0 Å². The number of hydrogen-bond donors (Lipinski definition) is 1. The number of hydrogen-bond acceptors (Lipinski definition) is 6. The van der Waals surface area contributed by atoms with Gasteiger partial charge in [-0.05, 0) is 55.7 Å². The third kappa shape index (κ3) is 5.13. The molecule has 8 heteroatoms. The van der Waals surface area contributed by atoms with Gasteiger partial charge >= 0.3 is 0 Å². The molecule has 0 saturated carbocycles. The molecule has 3 rings (SSSR count). The van der Waals surface area contributed by atoms with Crippen molar-refractivity contribution in [3.8, 4) is 11.5 Å². The summed E-state index contributed by atoms with van der Waals surface area (Å²) in [5.41, 5.74) is 3.99. The molecule has 158 valence electrons. The average molecular weight is 427 g/mol. The van der Waals surface area contributed by atoms with Crippen LogP contribution in [-0.2, 0) is 18.4 Å². The average Bonchev–Trinajstić information content (AvgIpc) is 3.07. The molecular weight excluding hydrogens is 400 g/mol. The van der Waals surface area contributed by atoms with E-state index in [-0.39, 0.29) is 11.7 Å². The summed E-state index contributed by atoms with van der Waals surface area (Å²) in [6, 6.07) is 11.6. The summed E-state index contributed by atoms with van der Waals surface area (Å²) in [6.45, 7) is 6.35. The van der Waals surface area contributed by atoms with Gasteiger partial charge in [0.05, 0.1) is 18.6 Å². The van der Waals surface area contributed by atoms with Gasteiger partial charge in [-0.3, -0.25) is 4.79 Å². The Bertz CT molecular complexity index is 1050. The largest absolute Gasteiger partial charge is 0.495 e. The molecular formula is C22H26N4O3S. The van der Waals surface area contributed by atoms with E-state index in [2.05, 4.69) is 28.5 Å². The van der Waals surface area contributed by atoms with Crippen LogP contribution < -0.4 is 14.8 Å². The molecule has 7 nitrogen and oxygen atoms in total. The highest BCUT2D eigenvalue weighted by atomic mass is 32.2. The number of thioether (sulfide) groups is 1. The molecule has 0 spiro atoms. The highest BCUT2D eigenvalue weighted by molar-refractivity contribution is 7.99. The molecule has 0 unspecified atom stereocenters. The van der Waals surface area contributed by atoms with Gasteiger partial charge in [0.15, 0.2) is 11.0 Å². The molecule has 0 aliphatic heterocycles. The molecule has 0 radical (unpaired) electrons. The SMILES string of the molecule is COc1ccc(C)cc1NC(=O)CSc1nnc(COc2cccc(C)c2C)n1C. The summed E-state index contributed by atoms with van der Waals surface area (Å²) < 4.78 is 13.1. The summed E-state index contributed by atoms with van der Waals surface area (Å²) in [7, 11) is 3.45. The van der Waals surface area contributed by atoms with Gasteiger partial charge < -0.3 is 19.4 Å². The van der Waals surface area contributed by atoms with Crippen LogP contribution >= 0.6 is 11.8 Å². The van der Waals surface area contributed by atoms with E-state index in [0.29, 0.717) is 29.0 Å². The van der Waals surface area contributed by atoms with Crippen molar-refractivity contribution >= 4 is 23.4 Å². The number of nitrogens with zero attached hydrogens (tertiary/aromatic N) is 3. The number of methoxy groups -OCH3 is 1. The smallest absolute Gasteiger partial charge is 0.234 e. The van der Waals surface area contributed by atoms with Crippen LogP contribution in [0.4, 0.5) is 5.69 Å². The predicted molar refractivity (Wildman–Crippen MR) is 118 cm³/mol. The number of carbonyl (C=O) groups excluding carboxylic acids is 1. The molecule has 0 bridgehead atoms. The third-order valence-corrected chi connectivity index (χ3v) is 5.82. The van der Waals surface area contributed by atoms with Crippen LogP contribution in [-0.4, -0.2) is 33.5 Å². The Labute approximate surface area is 180 Å². The summed E-state index contributed by atoms with van der Waals surface area (Å²) in [5, 5.41) is 11.9. The molecule has 1 aromatic heterocycles. The third-order valence-electron chi connectivity index (χ3n) is 4.80. The highest BCUT2D eigenvalue weighted by Gasteiger charge is 2.14. The summed E-state index contributed by atoms with van der Waals surface area (Å²) >= 11 is 1.32. The summed E-state index contributed by atoms with van der Waals surface area (Å²) in [6.07, 6.45) is 0. The van der Waals surface area contributed by atoms with Crippen molar-refractivity contribution < 1.29 is 14.3 Å². The Kier molecular flexibility index (Phi) is 6.99. The van der Waals surface area contributed by atoms with Gasteiger partial charge in [0.1, 0.15) is 18.1 Å². The van der Waals surface area contributed by atoms with Crippen molar-refractivity contribution in [1.29, 1.82) is 0 Å². The zero-order valence-corrected chi connectivity index (χ0v) is 18.7. The molecule has 0 aliphatic carbocycles. The number of ether oxygens (including phenoxy) is 2. The van der Waals surface area contributed by atoms with E-state index in [1.807, 2.05) is 55.8 Å². The van der Waals surface area contributed by atoms with Crippen LogP contribution in [0.3, 0.4) is 0 Å². The fourth-order valence-electron chi connectivity index (χ4n) is 2.86. The second-order valence-corrected chi connectivity index (χ2v) is 7.93. The zero-order chi connectivity index (χ0) is 21.7. The minimum Gasteiger partial charge on any atom is -0.495 e. The Morgan fingerprint density at radius 2 is 1.93 bits per heavy atom. The van der Waals surface area contributed by atoms with Crippen LogP contribution in [0, 0.1) is 20.8 Å². The van der Waals surface area contributed by atoms with Gasteiger partial charge in [0.25, 0.3) is 0 Å². The maximum Gasteiger partial charge on any atom is 0.234 e. The first kappa shape index (κ1) is 21.7. The number of aromatic nitrogens is 3. The molecule has 2 aromatic carbocycles. The lowest BCUT2D eigenvalue weighted by Crippen LogP contribution is -2.15. The summed E-state index contributed by atoms with van der Waals surface area (Å²) in [5.74, 6) is 2.22. The van der Waals surface area contributed by atoms with Gasteiger partial charge in [0.2, 0.25) is 5.91 Å². The summed E-state index contributed by atoms with van der Waals surface area (Å²) in [4.78, 5) is 12.4. The van der Waals surface area contributed by atoms with E-state index in [1.54, 1.807) is 7.11 Å². The second-order valence-electron chi connectivity index (χ2n) is 6.99. The van der Waals surface area contributed by atoms with Crippen molar-refractivity contribution in [3.05, 3.63) is 58.9 Å². The number of anilines is 1. The Morgan fingerprint density at radius 3 is 2.70 bits per heavy atom. The number of rotatable bonds is 8. The molecule has 0 atom stereocenters. The van der Waals surface area contributed by atoms with E-state index < -0.39 is 0 Å².